The van der Waals surface area contributed by atoms with Crippen molar-refractivity contribution in [1.29, 1.82) is 0 Å². The number of benzene rings is 1. The minimum absolute atomic E-state index is 0.234. The SMILES string of the molecule is CC(C)CC(C)OCc1cccc(C=CC(=O)O)c1. The van der Waals surface area contributed by atoms with E-state index in [-0.39, 0.29) is 6.10 Å². The quantitative estimate of drug-likeness (QED) is 0.761. The Labute approximate surface area is 114 Å². The van der Waals surface area contributed by atoms with E-state index in [1.165, 1.54) is 0 Å². The molecule has 0 heterocycles. The molecule has 19 heavy (non-hydrogen) atoms. The fourth-order valence-electron chi connectivity index (χ4n) is 1.92. The summed E-state index contributed by atoms with van der Waals surface area (Å²) in [4.78, 5) is 10.5. The highest BCUT2D eigenvalue weighted by Crippen LogP contribution is 2.12. The number of ether oxygens (including phenoxy) is 1. The average Bonchev–Trinajstić information content (AvgIpc) is 2.34. The van der Waals surface area contributed by atoms with E-state index in [0.29, 0.717) is 12.5 Å². The van der Waals surface area contributed by atoms with Gasteiger partial charge in [0.1, 0.15) is 0 Å². The number of hydrogen-bond acceptors (Lipinski definition) is 2. The van der Waals surface area contributed by atoms with Crippen molar-refractivity contribution in [3.8, 4) is 0 Å². The summed E-state index contributed by atoms with van der Waals surface area (Å²) < 4.78 is 5.78. The van der Waals surface area contributed by atoms with Gasteiger partial charge in [-0.15, -0.1) is 0 Å². The standard InChI is InChI=1S/C16H22O3/c1-12(2)9-13(3)19-11-15-6-4-5-14(10-15)7-8-16(17)18/h4-8,10,12-13H,9,11H2,1-3H3,(H,17,18). The number of carbonyl (C=O) groups is 1. The van der Waals surface area contributed by atoms with Crippen molar-refractivity contribution < 1.29 is 14.6 Å². The maximum Gasteiger partial charge on any atom is 0.328 e. The molecule has 0 aliphatic rings. The number of carboxylic acid groups (broad SMARTS) is 1. The summed E-state index contributed by atoms with van der Waals surface area (Å²) in [6.07, 6.45) is 4.00. The van der Waals surface area contributed by atoms with Crippen molar-refractivity contribution in [1.82, 2.24) is 0 Å². The Balaban J connectivity index is 2.55. The second-order valence-corrected chi connectivity index (χ2v) is 5.17. The monoisotopic (exact) mass is 262 g/mol. The summed E-state index contributed by atoms with van der Waals surface area (Å²) in [6, 6.07) is 7.72. The van der Waals surface area contributed by atoms with E-state index < -0.39 is 5.97 Å². The first kappa shape index (κ1) is 15.4. The van der Waals surface area contributed by atoms with Gasteiger partial charge in [-0.05, 0) is 42.5 Å². The summed E-state index contributed by atoms with van der Waals surface area (Å²) in [6.45, 7) is 6.99. The Morgan fingerprint density at radius 1 is 1.37 bits per heavy atom. The smallest absolute Gasteiger partial charge is 0.328 e. The summed E-state index contributed by atoms with van der Waals surface area (Å²) in [7, 11) is 0. The van der Waals surface area contributed by atoms with Gasteiger partial charge in [-0.25, -0.2) is 4.79 Å². The second kappa shape index (κ2) is 7.74. The van der Waals surface area contributed by atoms with E-state index >= 15 is 0 Å². The molecule has 0 radical (unpaired) electrons. The number of hydrogen-bond donors (Lipinski definition) is 1. The fourth-order valence-corrected chi connectivity index (χ4v) is 1.92. The van der Waals surface area contributed by atoms with Crippen molar-refractivity contribution in [2.45, 2.75) is 39.9 Å². The van der Waals surface area contributed by atoms with Crippen LogP contribution in [0.25, 0.3) is 6.08 Å². The molecule has 0 amide bonds. The molecule has 1 atom stereocenters. The van der Waals surface area contributed by atoms with Gasteiger partial charge < -0.3 is 9.84 Å². The molecule has 0 spiro atoms. The van der Waals surface area contributed by atoms with E-state index in [9.17, 15) is 4.79 Å². The summed E-state index contributed by atoms with van der Waals surface area (Å²) in [5.41, 5.74) is 1.93. The van der Waals surface area contributed by atoms with E-state index in [2.05, 4.69) is 20.8 Å². The highest BCUT2D eigenvalue weighted by atomic mass is 16.5. The van der Waals surface area contributed by atoms with Crippen LogP contribution in [0.3, 0.4) is 0 Å². The first-order chi connectivity index (χ1) is 8.97. The lowest BCUT2D eigenvalue weighted by molar-refractivity contribution is -0.131. The Morgan fingerprint density at radius 3 is 2.74 bits per heavy atom. The fraction of sp³-hybridized carbons (Fsp3) is 0.438. The van der Waals surface area contributed by atoms with Crippen LogP contribution in [0.15, 0.2) is 30.3 Å². The largest absolute Gasteiger partial charge is 0.478 e. The van der Waals surface area contributed by atoms with E-state index in [1.54, 1.807) is 6.08 Å². The minimum atomic E-state index is -0.938. The summed E-state index contributed by atoms with van der Waals surface area (Å²) in [5.74, 6) is -0.313. The van der Waals surface area contributed by atoms with Crippen LogP contribution in [-0.2, 0) is 16.1 Å². The highest BCUT2D eigenvalue weighted by molar-refractivity contribution is 5.85. The van der Waals surface area contributed by atoms with E-state index in [4.69, 9.17) is 9.84 Å². The van der Waals surface area contributed by atoms with Crippen LogP contribution in [0.1, 0.15) is 38.3 Å². The van der Waals surface area contributed by atoms with Crippen molar-refractivity contribution in [3.05, 3.63) is 41.5 Å². The van der Waals surface area contributed by atoms with Gasteiger partial charge >= 0.3 is 5.97 Å². The van der Waals surface area contributed by atoms with Gasteiger partial charge in [0, 0.05) is 6.08 Å². The normalized spacial score (nSPS) is 13.1. The molecule has 0 bridgehead atoms. The lowest BCUT2D eigenvalue weighted by Gasteiger charge is -2.15. The molecule has 0 fully saturated rings. The second-order valence-electron chi connectivity index (χ2n) is 5.17. The van der Waals surface area contributed by atoms with Crippen LogP contribution in [0, 0.1) is 5.92 Å². The van der Waals surface area contributed by atoms with Crippen LogP contribution < -0.4 is 0 Å². The Kier molecular flexibility index (Phi) is 6.30. The van der Waals surface area contributed by atoms with E-state index in [1.807, 2.05) is 24.3 Å². The molecule has 0 aliphatic carbocycles. The molecular formula is C16H22O3. The van der Waals surface area contributed by atoms with Crippen LogP contribution in [-0.4, -0.2) is 17.2 Å². The number of carboxylic acids is 1. The molecule has 1 aromatic carbocycles. The molecule has 104 valence electrons. The van der Waals surface area contributed by atoms with Crippen molar-refractivity contribution >= 4 is 12.0 Å². The molecule has 1 N–H and O–H groups in total. The maximum atomic E-state index is 10.5. The zero-order chi connectivity index (χ0) is 14.3. The van der Waals surface area contributed by atoms with Crippen molar-refractivity contribution in [2.75, 3.05) is 0 Å². The minimum Gasteiger partial charge on any atom is -0.478 e. The predicted molar refractivity (Wildman–Crippen MR) is 76.8 cm³/mol. The third kappa shape index (κ3) is 6.77. The highest BCUT2D eigenvalue weighted by Gasteiger charge is 2.05. The first-order valence-corrected chi connectivity index (χ1v) is 6.59. The molecule has 1 rings (SSSR count). The third-order valence-corrected chi connectivity index (χ3v) is 2.71. The molecule has 1 aromatic rings. The van der Waals surface area contributed by atoms with Gasteiger partial charge in [0.25, 0.3) is 0 Å². The van der Waals surface area contributed by atoms with Crippen molar-refractivity contribution in [3.63, 3.8) is 0 Å². The molecule has 0 saturated heterocycles. The van der Waals surface area contributed by atoms with Crippen LogP contribution in [0.4, 0.5) is 0 Å². The van der Waals surface area contributed by atoms with Gasteiger partial charge in [0.15, 0.2) is 0 Å². The summed E-state index contributed by atoms with van der Waals surface area (Å²) in [5, 5.41) is 8.59. The Bertz CT molecular complexity index is 435. The molecule has 3 heteroatoms. The van der Waals surface area contributed by atoms with Gasteiger partial charge in [-0.1, -0.05) is 32.0 Å². The zero-order valence-electron chi connectivity index (χ0n) is 11.8. The van der Waals surface area contributed by atoms with Crippen LogP contribution in [0.2, 0.25) is 0 Å². The van der Waals surface area contributed by atoms with Gasteiger partial charge in [0.2, 0.25) is 0 Å². The Hall–Kier alpha value is -1.61. The van der Waals surface area contributed by atoms with Crippen LogP contribution in [0.5, 0.6) is 0 Å². The van der Waals surface area contributed by atoms with Gasteiger partial charge in [-0.2, -0.15) is 0 Å². The lowest BCUT2D eigenvalue weighted by Crippen LogP contribution is -2.11. The number of rotatable bonds is 7. The van der Waals surface area contributed by atoms with Crippen LogP contribution >= 0.6 is 0 Å². The first-order valence-electron chi connectivity index (χ1n) is 6.59. The molecule has 3 nitrogen and oxygen atoms in total. The molecule has 0 aromatic heterocycles. The summed E-state index contributed by atoms with van der Waals surface area (Å²) >= 11 is 0. The topological polar surface area (TPSA) is 46.5 Å². The Morgan fingerprint density at radius 2 is 2.11 bits per heavy atom. The number of aliphatic carboxylic acids is 1. The average molecular weight is 262 g/mol. The third-order valence-electron chi connectivity index (χ3n) is 2.71. The van der Waals surface area contributed by atoms with E-state index in [0.717, 1.165) is 23.6 Å². The molecule has 0 aliphatic heterocycles. The lowest BCUT2D eigenvalue weighted by atomic mass is 10.1. The predicted octanol–water partition coefficient (Wildman–Crippen LogP) is 3.74. The molecule has 0 saturated carbocycles. The molecule has 1 unspecified atom stereocenters. The molecular weight excluding hydrogens is 240 g/mol. The maximum absolute atomic E-state index is 10.5. The van der Waals surface area contributed by atoms with Gasteiger partial charge in [-0.3, -0.25) is 0 Å². The zero-order valence-corrected chi connectivity index (χ0v) is 11.8. The van der Waals surface area contributed by atoms with Gasteiger partial charge in [0.05, 0.1) is 12.7 Å². The van der Waals surface area contributed by atoms with Crippen molar-refractivity contribution in [2.24, 2.45) is 5.92 Å².